The predicted octanol–water partition coefficient (Wildman–Crippen LogP) is 14.5. The van der Waals surface area contributed by atoms with Crippen LogP contribution in [-0.2, 0) is 0 Å². The first-order chi connectivity index (χ1) is 33.5. The fraction of sp³-hybridized carbons (Fsp3) is 0. The molecule has 302 valence electrons. The van der Waals surface area contributed by atoms with Gasteiger partial charge in [-0.1, -0.05) is 140 Å². The van der Waals surface area contributed by atoms with Crippen LogP contribution in [0.4, 0.5) is 0 Å². The number of benzene rings is 9. The van der Waals surface area contributed by atoms with Gasteiger partial charge in [-0.2, -0.15) is 5.26 Å². The second kappa shape index (κ2) is 14.5. The minimum Gasteiger partial charge on any atom is -0.455 e. The van der Waals surface area contributed by atoms with Crippen LogP contribution in [0.1, 0.15) is 9.68 Å². The summed E-state index contributed by atoms with van der Waals surface area (Å²) >= 11 is 0. The van der Waals surface area contributed by atoms with Crippen LogP contribution in [0.5, 0.6) is 0 Å². The van der Waals surface area contributed by atoms with Gasteiger partial charge in [-0.15, -0.1) is 0 Å². The zero-order chi connectivity index (χ0) is 45.6. The first-order valence-corrected chi connectivity index (χ1v) is 21.3. The van der Waals surface area contributed by atoms with Crippen molar-refractivity contribution in [3.05, 3.63) is 212 Å². The molecule has 0 aliphatic rings. The molecule has 0 atom stereocenters. The van der Waals surface area contributed by atoms with E-state index in [1.54, 1.807) is 0 Å². The number of aromatic nitrogens is 5. The largest absolute Gasteiger partial charge is 0.455 e. The topological polar surface area (TPSA) is 85.5 Å². The van der Waals surface area contributed by atoms with Crippen LogP contribution >= 0.6 is 0 Å². The third-order valence-electron chi connectivity index (χ3n) is 12.3. The summed E-state index contributed by atoms with van der Waals surface area (Å²) in [4.78, 5) is 15.1. The lowest BCUT2D eigenvalue weighted by atomic mass is 10.0. The van der Waals surface area contributed by atoms with Crippen molar-refractivity contribution in [2.24, 2.45) is 0 Å². The summed E-state index contributed by atoms with van der Waals surface area (Å²) in [6.07, 6.45) is 0. The van der Waals surface area contributed by atoms with Crippen molar-refractivity contribution in [2.75, 3.05) is 0 Å². The van der Waals surface area contributed by atoms with Crippen molar-refractivity contribution in [1.29, 1.82) is 5.26 Å². The Bertz CT molecular complexity index is 4260. The fourth-order valence-electron chi connectivity index (χ4n) is 9.49. The Morgan fingerprint density at radius 1 is 0.477 bits per heavy atom. The molecule has 13 rings (SSSR count). The summed E-state index contributed by atoms with van der Waals surface area (Å²) in [6.45, 7) is 0. The molecule has 0 amide bonds. The average Bonchev–Trinajstić information content (AvgIpc) is 4.06. The Hall–Kier alpha value is -9.12. The van der Waals surface area contributed by atoms with E-state index < -0.39 is 0 Å². The Balaban J connectivity index is 1.09. The van der Waals surface area contributed by atoms with Gasteiger partial charge in [-0.25, -0.2) is 15.0 Å². The molecule has 65 heavy (non-hydrogen) atoms. The summed E-state index contributed by atoms with van der Waals surface area (Å²) in [5.41, 5.74) is 8.96. The molecule has 0 saturated heterocycles. The number of hydrogen-bond donors (Lipinski definition) is 0. The molecule has 0 saturated carbocycles. The molecule has 4 heterocycles. The van der Waals surface area contributed by atoms with Gasteiger partial charge in [0.25, 0.3) is 0 Å². The Kier molecular flexibility index (Phi) is 7.46. The molecule has 0 unspecified atom stereocenters. The van der Waals surface area contributed by atoms with E-state index in [9.17, 15) is 9.37 Å². The van der Waals surface area contributed by atoms with Crippen molar-refractivity contribution >= 4 is 65.6 Å². The Morgan fingerprint density at radius 3 is 1.92 bits per heavy atom. The number of nitrogens with zero attached hydrogens (tertiary/aromatic N) is 6. The predicted molar refractivity (Wildman–Crippen MR) is 262 cm³/mol. The van der Waals surface area contributed by atoms with E-state index in [1.165, 1.54) is 0 Å². The van der Waals surface area contributed by atoms with Gasteiger partial charge in [0.2, 0.25) is 0 Å². The lowest BCUT2D eigenvalue weighted by Gasteiger charge is -2.13. The lowest BCUT2D eigenvalue weighted by molar-refractivity contribution is 0.669. The van der Waals surface area contributed by atoms with Gasteiger partial charge >= 0.3 is 0 Å². The van der Waals surface area contributed by atoms with Crippen molar-refractivity contribution in [1.82, 2.24) is 24.1 Å². The minimum absolute atomic E-state index is 0.00896. The summed E-state index contributed by atoms with van der Waals surface area (Å²) in [6, 6.07) is 63.6. The molecule has 4 aromatic heterocycles. The van der Waals surface area contributed by atoms with Gasteiger partial charge in [0.15, 0.2) is 17.5 Å². The number of nitriles is 1. The number of rotatable bonds is 6. The molecule has 0 spiro atoms. The minimum atomic E-state index is -0.295. The van der Waals surface area contributed by atoms with Crippen LogP contribution in [0, 0.1) is 11.3 Å². The zero-order valence-corrected chi connectivity index (χ0v) is 34.5. The molecule has 0 aliphatic heterocycles. The third kappa shape index (κ3) is 5.71. The zero-order valence-electron chi connectivity index (χ0n) is 37.5. The van der Waals surface area contributed by atoms with Gasteiger partial charge in [0, 0.05) is 49.1 Å². The van der Waals surface area contributed by atoms with Crippen LogP contribution in [0.15, 0.2) is 211 Å². The van der Waals surface area contributed by atoms with Gasteiger partial charge in [0.1, 0.15) is 17.2 Å². The summed E-state index contributed by atoms with van der Waals surface area (Å²) in [5, 5.41) is 16.8. The number of para-hydroxylation sites is 5. The highest BCUT2D eigenvalue weighted by Crippen LogP contribution is 2.43. The van der Waals surface area contributed by atoms with Crippen molar-refractivity contribution in [3.8, 4) is 62.7 Å². The van der Waals surface area contributed by atoms with Crippen LogP contribution in [0.3, 0.4) is 0 Å². The first-order valence-electron chi connectivity index (χ1n) is 22.8. The molecular weight excluding hydrogens is 797 g/mol. The maximum Gasteiger partial charge on any atom is 0.167 e. The highest BCUT2D eigenvalue weighted by molar-refractivity contribution is 6.26. The second-order valence-corrected chi connectivity index (χ2v) is 16.0. The average molecular weight is 834 g/mol. The molecule has 7 nitrogen and oxygen atoms in total. The van der Waals surface area contributed by atoms with Crippen LogP contribution in [0.2, 0.25) is 0 Å². The van der Waals surface area contributed by atoms with E-state index in [4.69, 9.17) is 19.4 Å². The second-order valence-electron chi connectivity index (χ2n) is 16.0. The van der Waals surface area contributed by atoms with Crippen molar-refractivity contribution < 1.29 is 8.53 Å². The maximum atomic E-state index is 11.3. The molecule has 0 N–H and O–H groups in total. The molecule has 0 bridgehead atoms. The van der Waals surface area contributed by atoms with Crippen LogP contribution < -0.4 is 0 Å². The van der Waals surface area contributed by atoms with E-state index >= 15 is 0 Å². The van der Waals surface area contributed by atoms with E-state index in [0.717, 1.165) is 71.2 Å². The molecule has 0 aliphatic carbocycles. The van der Waals surface area contributed by atoms with E-state index in [0.29, 0.717) is 28.1 Å². The van der Waals surface area contributed by atoms with Gasteiger partial charge < -0.3 is 13.6 Å². The van der Waals surface area contributed by atoms with Gasteiger partial charge in [-0.05, 0) is 77.8 Å². The number of fused-ring (bicyclic) bond motifs is 10. The summed E-state index contributed by atoms with van der Waals surface area (Å²) in [5.74, 6) is 0.543. The van der Waals surface area contributed by atoms with Crippen LogP contribution in [-0.4, -0.2) is 24.1 Å². The van der Waals surface area contributed by atoms with Gasteiger partial charge in [0.05, 0.1) is 43.0 Å². The molecule has 0 fully saturated rings. The van der Waals surface area contributed by atoms with E-state index in [1.807, 2.05) is 156 Å². The SMILES string of the molecule is [2H]c1c([2H])c(-n2c3ccccc3c3ccc4c(c5ccccc5n4-c4ccccc4)c32)c(C#N)c([2H])c1-c1nc(-c2cccc(-c3ccccc3)c2)nc(-c2cccc3c2oc2ccccc23)n1. The number of hydrogen-bond acceptors (Lipinski definition) is 5. The lowest BCUT2D eigenvalue weighted by Crippen LogP contribution is -2.02. The Morgan fingerprint density at radius 2 is 1.11 bits per heavy atom. The molecule has 0 radical (unpaired) electrons. The number of furan rings is 1. The van der Waals surface area contributed by atoms with Crippen LogP contribution in [0.25, 0.3) is 122 Å². The fourth-order valence-corrected chi connectivity index (χ4v) is 9.49. The summed E-state index contributed by atoms with van der Waals surface area (Å²) in [7, 11) is 0. The van der Waals surface area contributed by atoms with Crippen molar-refractivity contribution in [2.45, 2.75) is 0 Å². The van der Waals surface area contributed by atoms with Gasteiger partial charge in [-0.3, -0.25) is 0 Å². The quantitative estimate of drug-likeness (QED) is 0.167. The monoisotopic (exact) mass is 833 g/mol. The molecule has 9 aromatic carbocycles. The van der Waals surface area contributed by atoms with E-state index in [-0.39, 0.29) is 46.6 Å². The highest BCUT2D eigenvalue weighted by atomic mass is 16.3. The normalized spacial score (nSPS) is 12.3. The molecule has 13 aromatic rings. The van der Waals surface area contributed by atoms with E-state index in [2.05, 4.69) is 47.0 Å². The van der Waals surface area contributed by atoms with Crippen molar-refractivity contribution in [3.63, 3.8) is 0 Å². The Labute approximate surface area is 376 Å². The smallest absolute Gasteiger partial charge is 0.167 e. The highest BCUT2D eigenvalue weighted by Gasteiger charge is 2.23. The molecule has 7 heteroatoms. The maximum absolute atomic E-state index is 11.3. The first kappa shape index (κ1) is 33.5. The molecular formula is C58H34N6O. The third-order valence-corrected chi connectivity index (χ3v) is 12.3. The summed E-state index contributed by atoms with van der Waals surface area (Å²) < 4.78 is 40.4. The standard InChI is InChI=1S/C58H34N6O/c59-35-40-34-39(29-31-48(40)64-49-26-10-7-21-42(49)44-30-32-51-53(54(44)64)46-23-8-11-27-50(46)63(51)41-19-5-2-6-20-41)57-60-56(38-18-13-17-37(33-38)36-15-3-1-4-16-36)61-58(62-57)47-25-14-24-45-43-22-9-12-28-52(43)65-55(45)47/h1-34H/i29D,31D,34D.